The van der Waals surface area contributed by atoms with E-state index in [-0.39, 0.29) is 44.4 Å². The summed E-state index contributed by atoms with van der Waals surface area (Å²) in [5.74, 6) is -1.46. The summed E-state index contributed by atoms with van der Waals surface area (Å²) < 4.78 is 33.5. The van der Waals surface area contributed by atoms with Crippen LogP contribution < -0.4 is 26.9 Å². The Morgan fingerprint density at radius 3 is 2.54 bits per heavy atom. The van der Waals surface area contributed by atoms with Gasteiger partial charge in [-0.1, -0.05) is 20.3 Å². The Balaban J connectivity index is 0.978. The largest absolute Gasteiger partial charge is 0.458 e. The molecule has 17 heteroatoms. The standard InChI is InChI=1S/C42H48FN7O9/c1-3-27-28-20-26(59-41(56)48-17-12-25(13-18-48)47-15-7-5-8-16-47)10-11-33(28)45-35-29(27)22-49-34(35)21-31-30(37(49)52)24-57-38(53)42(31,4-2)58-19-9-6-14-44-39(54)50-23-32(43)36(51)46-40(50)55/h10-11,20-21,23,25H,3-9,12-19,22,24H2,1-2H3,(H,44,54)(H,46,51,55)/t42-/m0/s1. The van der Waals surface area contributed by atoms with Gasteiger partial charge < -0.3 is 33.9 Å². The number of cyclic esters (lactones) is 1. The molecule has 7 heterocycles. The van der Waals surface area contributed by atoms with Gasteiger partial charge in [-0.2, -0.15) is 4.39 Å². The van der Waals surface area contributed by atoms with E-state index in [0.717, 1.165) is 42.4 Å². The number of amides is 2. The second-order valence-corrected chi connectivity index (χ2v) is 15.6. The number of carbonyl (C=O) groups excluding carboxylic acids is 3. The quantitative estimate of drug-likeness (QED) is 0.153. The van der Waals surface area contributed by atoms with E-state index in [1.807, 2.05) is 25.1 Å². The number of unbranched alkanes of at least 4 members (excludes halogenated alkanes) is 1. The highest BCUT2D eigenvalue weighted by atomic mass is 19.1. The number of hydrogen-bond donors (Lipinski definition) is 2. The number of likely N-dealkylation sites (tertiary alicyclic amines) is 2. The maximum absolute atomic E-state index is 14.2. The number of ether oxygens (including phenoxy) is 3. The molecule has 4 aliphatic heterocycles. The molecule has 1 aromatic carbocycles. The Bertz CT molecular complexity index is 2500. The second-order valence-electron chi connectivity index (χ2n) is 15.6. The molecule has 8 rings (SSSR count). The molecule has 59 heavy (non-hydrogen) atoms. The molecule has 4 aliphatic rings. The first-order valence-corrected chi connectivity index (χ1v) is 20.6. The number of fused-ring (bicyclic) bond motifs is 5. The van der Waals surface area contributed by atoms with Gasteiger partial charge in [-0.3, -0.25) is 14.6 Å². The molecule has 0 spiro atoms. The van der Waals surface area contributed by atoms with Crippen LogP contribution in [-0.2, 0) is 39.4 Å². The molecule has 16 nitrogen and oxygen atoms in total. The van der Waals surface area contributed by atoms with Gasteiger partial charge in [-0.15, -0.1) is 0 Å². The van der Waals surface area contributed by atoms with Crippen molar-refractivity contribution in [3.63, 3.8) is 0 Å². The molecule has 0 unspecified atom stereocenters. The van der Waals surface area contributed by atoms with Gasteiger partial charge in [-0.05, 0) is 94.3 Å². The highest BCUT2D eigenvalue weighted by Crippen LogP contribution is 2.42. The number of hydrogen-bond acceptors (Lipinski definition) is 11. The average molecular weight is 814 g/mol. The smallest absolute Gasteiger partial charge is 0.415 e. The maximum Gasteiger partial charge on any atom is 0.415 e. The van der Waals surface area contributed by atoms with E-state index >= 15 is 0 Å². The molecule has 0 radical (unpaired) electrons. The highest BCUT2D eigenvalue weighted by Gasteiger charge is 2.48. The first kappa shape index (κ1) is 40.1. The molecule has 2 N–H and O–H groups in total. The van der Waals surface area contributed by atoms with Crippen LogP contribution in [0.15, 0.2) is 44.8 Å². The number of carbonyl (C=O) groups is 3. The zero-order valence-electron chi connectivity index (χ0n) is 33.3. The topological polar surface area (TPSA) is 187 Å². The van der Waals surface area contributed by atoms with Crippen molar-refractivity contribution in [2.45, 2.75) is 96.4 Å². The van der Waals surface area contributed by atoms with Crippen molar-refractivity contribution in [1.82, 2.24) is 34.2 Å². The van der Waals surface area contributed by atoms with E-state index < -0.39 is 34.7 Å². The summed E-state index contributed by atoms with van der Waals surface area (Å²) in [5, 5.41) is 3.33. The first-order valence-electron chi connectivity index (χ1n) is 20.6. The number of benzene rings is 1. The molecular weight excluding hydrogens is 766 g/mol. The summed E-state index contributed by atoms with van der Waals surface area (Å²) in [6.07, 6.45) is 7.37. The fourth-order valence-corrected chi connectivity index (χ4v) is 9.05. The van der Waals surface area contributed by atoms with Crippen LogP contribution in [0.3, 0.4) is 0 Å². The van der Waals surface area contributed by atoms with Crippen molar-refractivity contribution in [2.75, 3.05) is 39.3 Å². The van der Waals surface area contributed by atoms with Gasteiger partial charge in [0.2, 0.25) is 5.82 Å². The third-order valence-corrected chi connectivity index (χ3v) is 12.2. The van der Waals surface area contributed by atoms with Gasteiger partial charge in [0.05, 0.1) is 35.2 Å². The molecule has 3 aromatic heterocycles. The molecule has 4 aromatic rings. The Kier molecular flexibility index (Phi) is 11.2. The summed E-state index contributed by atoms with van der Waals surface area (Å²) in [7, 11) is 0. The Hall–Kier alpha value is -5.68. The lowest BCUT2D eigenvalue weighted by Crippen LogP contribution is -2.48. The van der Waals surface area contributed by atoms with Gasteiger partial charge in [0.1, 0.15) is 12.4 Å². The van der Waals surface area contributed by atoms with Crippen LogP contribution in [0.2, 0.25) is 0 Å². The van der Waals surface area contributed by atoms with E-state index in [0.29, 0.717) is 82.9 Å². The minimum atomic E-state index is -1.57. The number of pyridine rings is 2. The molecule has 2 saturated heterocycles. The molecule has 0 aliphatic carbocycles. The van der Waals surface area contributed by atoms with Gasteiger partial charge in [0.15, 0.2) is 5.60 Å². The SMILES string of the molecule is CCc1c2c(nc3ccc(OC(=O)N4CCC(N5CCCCC5)CC4)cc13)-c1cc3c(c(=O)n1C2)COC(=O)[C@@]3(CC)OCCCCNC(=O)n1cc(F)c(=O)[nH]c1=O. The number of halogens is 1. The summed E-state index contributed by atoms with van der Waals surface area (Å²) in [5.41, 5.74) is 0.338. The molecule has 2 amide bonds. The molecular formula is C42H48FN7O9. The first-order chi connectivity index (χ1) is 28.5. The molecule has 0 bridgehead atoms. The number of nitrogens with zero attached hydrogens (tertiary/aromatic N) is 5. The second kappa shape index (κ2) is 16.5. The average Bonchev–Trinajstić information content (AvgIpc) is 3.61. The van der Waals surface area contributed by atoms with Crippen LogP contribution in [0.5, 0.6) is 5.75 Å². The number of aryl methyl sites for hydroxylation is 1. The van der Waals surface area contributed by atoms with Gasteiger partial charge >= 0.3 is 23.8 Å². The number of H-pyrrole nitrogens is 1. The Morgan fingerprint density at radius 2 is 1.80 bits per heavy atom. The fourth-order valence-electron chi connectivity index (χ4n) is 9.05. The van der Waals surface area contributed by atoms with E-state index in [1.54, 1.807) is 27.4 Å². The van der Waals surface area contributed by atoms with Crippen LogP contribution >= 0.6 is 0 Å². The zero-order valence-corrected chi connectivity index (χ0v) is 33.3. The van der Waals surface area contributed by atoms with Crippen LogP contribution in [-0.4, -0.2) is 92.4 Å². The number of nitrogens with one attached hydrogen (secondary N) is 2. The highest BCUT2D eigenvalue weighted by molar-refractivity contribution is 5.90. The van der Waals surface area contributed by atoms with Crippen molar-refractivity contribution in [3.8, 4) is 17.1 Å². The fraction of sp³-hybridized carbons (Fsp3) is 0.500. The zero-order chi connectivity index (χ0) is 41.4. The predicted molar refractivity (Wildman–Crippen MR) is 213 cm³/mol. The predicted octanol–water partition coefficient (Wildman–Crippen LogP) is 4.14. The minimum absolute atomic E-state index is 0.0626. The monoisotopic (exact) mass is 813 g/mol. The van der Waals surface area contributed by atoms with Crippen LogP contribution in [0.1, 0.15) is 87.5 Å². The van der Waals surface area contributed by atoms with Gasteiger partial charge in [0, 0.05) is 48.8 Å². The van der Waals surface area contributed by atoms with E-state index in [9.17, 15) is 33.2 Å². The lowest BCUT2D eigenvalue weighted by atomic mass is 9.85. The normalized spacial score (nSPS) is 19.2. The van der Waals surface area contributed by atoms with E-state index in [2.05, 4.69) is 10.2 Å². The molecule has 0 saturated carbocycles. The van der Waals surface area contributed by atoms with Crippen LogP contribution in [0.25, 0.3) is 22.3 Å². The lowest BCUT2D eigenvalue weighted by molar-refractivity contribution is -0.181. The summed E-state index contributed by atoms with van der Waals surface area (Å²) in [4.78, 5) is 87.7. The van der Waals surface area contributed by atoms with E-state index in [4.69, 9.17) is 19.2 Å². The Labute approximate surface area is 338 Å². The lowest BCUT2D eigenvalue weighted by Gasteiger charge is -2.39. The summed E-state index contributed by atoms with van der Waals surface area (Å²) >= 11 is 0. The molecule has 2 fully saturated rings. The third-order valence-electron chi connectivity index (χ3n) is 12.2. The van der Waals surface area contributed by atoms with Crippen molar-refractivity contribution in [1.29, 1.82) is 0 Å². The molecule has 312 valence electrons. The van der Waals surface area contributed by atoms with Gasteiger partial charge in [0.25, 0.3) is 11.1 Å². The minimum Gasteiger partial charge on any atom is -0.458 e. The number of piperidine rings is 2. The number of esters is 1. The molecule has 1 atom stereocenters. The number of rotatable bonds is 10. The van der Waals surface area contributed by atoms with Crippen molar-refractivity contribution >= 4 is 29.0 Å². The number of aromatic nitrogens is 4. The maximum atomic E-state index is 14.2. The van der Waals surface area contributed by atoms with Crippen molar-refractivity contribution < 1.29 is 33.0 Å². The van der Waals surface area contributed by atoms with Crippen molar-refractivity contribution in [2.24, 2.45) is 0 Å². The van der Waals surface area contributed by atoms with Gasteiger partial charge in [-0.25, -0.2) is 28.7 Å². The summed E-state index contributed by atoms with van der Waals surface area (Å²) in [6, 6.07) is 6.85. The van der Waals surface area contributed by atoms with Crippen molar-refractivity contribution in [3.05, 3.63) is 89.7 Å². The third kappa shape index (κ3) is 7.45. The summed E-state index contributed by atoms with van der Waals surface area (Å²) in [6.45, 7) is 7.64. The van der Waals surface area contributed by atoms with Crippen LogP contribution in [0.4, 0.5) is 14.0 Å². The number of aromatic amines is 1. The van der Waals surface area contributed by atoms with Crippen LogP contribution in [0, 0.1) is 5.82 Å². The Morgan fingerprint density at radius 1 is 1.02 bits per heavy atom. The van der Waals surface area contributed by atoms with E-state index in [1.165, 1.54) is 19.3 Å².